The molecule has 4 rings (SSSR count). The lowest BCUT2D eigenvalue weighted by atomic mass is 10.1. The van der Waals surface area contributed by atoms with E-state index in [0.29, 0.717) is 23.1 Å². The molecule has 10 heteroatoms. The van der Waals surface area contributed by atoms with Gasteiger partial charge in [-0.15, -0.1) is 10.2 Å². The molecule has 0 saturated heterocycles. The van der Waals surface area contributed by atoms with Crippen molar-refractivity contribution in [2.24, 2.45) is 10.1 Å². The zero-order valence-corrected chi connectivity index (χ0v) is 17.9. The summed E-state index contributed by atoms with van der Waals surface area (Å²) in [5, 5.41) is 15.5. The molecule has 0 fully saturated rings. The van der Waals surface area contributed by atoms with Gasteiger partial charge in [-0.2, -0.15) is 9.78 Å². The van der Waals surface area contributed by atoms with Crippen LogP contribution >= 0.6 is 0 Å². The maximum atomic E-state index is 12.5. The first-order chi connectivity index (χ1) is 15.1. The summed E-state index contributed by atoms with van der Waals surface area (Å²) in [6.45, 7) is 8.09. The molecule has 3 heterocycles. The van der Waals surface area contributed by atoms with E-state index in [4.69, 9.17) is 4.99 Å². The van der Waals surface area contributed by atoms with Crippen LogP contribution in [-0.2, 0) is 4.79 Å². The van der Waals surface area contributed by atoms with Gasteiger partial charge < -0.3 is 10.2 Å². The largest absolute Gasteiger partial charge is 0.372 e. The molecule has 0 spiro atoms. The van der Waals surface area contributed by atoms with Gasteiger partial charge in [0.1, 0.15) is 11.4 Å². The summed E-state index contributed by atoms with van der Waals surface area (Å²) in [6, 6.07) is 6.06. The smallest absolute Gasteiger partial charge is 0.273 e. The van der Waals surface area contributed by atoms with Crippen LogP contribution in [0.3, 0.4) is 0 Å². The molecular weight excluding hydrogens is 394 g/mol. The Morgan fingerprint density at radius 2 is 1.94 bits per heavy atom. The monoisotopic (exact) mass is 417 g/mol. The summed E-state index contributed by atoms with van der Waals surface area (Å²) in [6.07, 6.45) is 4.70. The average Bonchev–Trinajstić information content (AvgIpc) is 3.36. The predicted octanol–water partition coefficient (Wildman–Crippen LogP) is 1.97. The van der Waals surface area contributed by atoms with Crippen molar-refractivity contribution in [2.75, 3.05) is 25.0 Å². The molecular formula is C21H23N9O. The summed E-state index contributed by atoms with van der Waals surface area (Å²) in [7, 11) is 1.55. The highest BCUT2D eigenvalue weighted by molar-refractivity contribution is 6.70. The second-order valence-corrected chi connectivity index (χ2v) is 6.88. The Morgan fingerprint density at radius 3 is 2.58 bits per heavy atom. The van der Waals surface area contributed by atoms with Gasteiger partial charge in [0.25, 0.3) is 5.91 Å². The first-order valence-electron chi connectivity index (χ1n) is 10.0. The number of hydrogen-bond donors (Lipinski definition) is 1. The van der Waals surface area contributed by atoms with E-state index >= 15 is 0 Å². The number of carbonyl (C=O) groups is 1. The van der Waals surface area contributed by atoms with E-state index in [1.165, 1.54) is 4.68 Å². The third kappa shape index (κ3) is 3.67. The van der Waals surface area contributed by atoms with Gasteiger partial charge in [0.2, 0.25) is 11.6 Å². The van der Waals surface area contributed by atoms with Crippen LogP contribution in [0.15, 0.2) is 46.9 Å². The normalized spacial score (nSPS) is 13.8. The number of aryl methyl sites for hydroxylation is 1. The minimum absolute atomic E-state index is 0.171. The quantitative estimate of drug-likeness (QED) is 0.656. The van der Waals surface area contributed by atoms with E-state index in [1.54, 1.807) is 25.6 Å². The first kappa shape index (κ1) is 20.3. The van der Waals surface area contributed by atoms with Crippen LogP contribution in [0.4, 0.5) is 11.4 Å². The number of fused-ring (bicyclic) bond motifs is 1. The van der Waals surface area contributed by atoms with Crippen LogP contribution < -0.4 is 10.2 Å². The van der Waals surface area contributed by atoms with Gasteiger partial charge in [0.15, 0.2) is 5.71 Å². The molecule has 158 valence electrons. The lowest BCUT2D eigenvalue weighted by Crippen LogP contribution is -2.32. The Morgan fingerprint density at radius 1 is 1.16 bits per heavy atom. The topological polar surface area (TPSA) is 114 Å². The Kier molecular flexibility index (Phi) is 5.52. The number of rotatable bonds is 6. The minimum Gasteiger partial charge on any atom is -0.372 e. The van der Waals surface area contributed by atoms with Crippen LogP contribution in [-0.4, -0.2) is 62.3 Å². The highest BCUT2D eigenvalue weighted by atomic mass is 16.2. The molecule has 0 bridgehead atoms. The van der Waals surface area contributed by atoms with Gasteiger partial charge >= 0.3 is 0 Å². The molecule has 3 aromatic rings. The Balaban J connectivity index is 1.80. The Labute approximate surface area is 179 Å². The van der Waals surface area contributed by atoms with Crippen molar-refractivity contribution in [3.05, 3.63) is 48.2 Å². The summed E-state index contributed by atoms with van der Waals surface area (Å²) >= 11 is 0. The third-order valence-corrected chi connectivity index (χ3v) is 5.05. The molecule has 0 radical (unpaired) electrons. The zero-order valence-electron chi connectivity index (χ0n) is 17.9. The molecule has 1 aliphatic rings. The number of nitrogens with one attached hydrogen (secondary N) is 1. The molecule has 1 aliphatic heterocycles. The van der Waals surface area contributed by atoms with Crippen LogP contribution in [0, 0.1) is 6.92 Å². The van der Waals surface area contributed by atoms with Gasteiger partial charge in [-0.1, -0.05) is 0 Å². The fourth-order valence-electron chi connectivity index (χ4n) is 3.39. The second-order valence-electron chi connectivity index (χ2n) is 6.88. The molecule has 10 nitrogen and oxygen atoms in total. The summed E-state index contributed by atoms with van der Waals surface area (Å²) in [5.41, 5.74) is 3.89. The molecule has 1 amide bonds. The second kappa shape index (κ2) is 8.42. The van der Waals surface area contributed by atoms with Crippen LogP contribution in [0.5, 0.6) is 0 Å². The number of aromatic nitrogens is 5. The molecule has 0 atom stereocenters. The number of benzene rings is 1. The number of aliphatic imine (C=N–C) groups is 1. The van der Waals surface area contributed by atoms with Crippen molar-refractivity contribution in [1.82, 2.24) is 30.2 Å². The maximum Gasteiger partial charge on any atom is 0.273 e. The Hall–Kier alpha value is -3.95. The molecule has 31 heavy (non-hydrogen) atoms. The van der Waals surface area contributed by atoms with Crippen molar-refractivity contribution in [3.63, 3.8) is 0 Å². The highest BCUT2D eigenvalue weighted by Gasteiger charge is 2.33. The van der Waals surface area contributed by atoms with Crippen molar-refractivity contribution >= 4 is 28.7 Å². The molecule has 1 N–H and O–H groups in total. The molecule has 0 aliphatic carbocycles. The lowest BCUT2D eigenvalue weighted by Gasteiger charge is -2.21. The van der Waals surface area contributed by atoms with Crippen molar-refractivity contribution < 1.29 is 4.79 Å². The van der Waals surface area contributed by atoms with Crippen molar-refractivity contribution in [1.29, 1.82) is 0 Å². The summed E-state index contributed by atoms with van der Waals surface area (Å²) in [5.74, 6) is 0.418. The van der Waals surface area contributed by atoms with Gasteiger partial charge in [-0.3, -0.25) is 9.78 Å². The standard InChI is InChI=1S/C21H23N9O/c1-5-29(6-2)14-7-8-15(13(3)11-14)25-17-18(21(31)22-4)28-30-19(26-27-20(17)30)16-12-23-9-10-24-16/h7-12H,5-6H2,1-4H3,(H,22,31)/b25-17-. The Bertz CT molecular complexity index is 1180. The van der Waals surface area contributed by atoms with Crippen molar-refractivity contribution in [2.45, 2.75) is 20.8 Å². The lowest BCUT2D eigenvalue weighted by molar-refractivity contribution is -0.114. The number of carbonyl (C=O) groups excluding carboxylic acids is 1. The predicted molar refractivity (Wildman–Crippen MR) is 119 cm³/mol. The van der Waals surface area contributed by atoms with E-state index in [-0.39, 0.29) is 11.6 Å². The summed E-state index contributed by atoms with van der Waals surface area (Å²) < 4.78 is 1.48. The van der Waals surface area contributed by atoms with Gasteiger partial charge in [-0.05, 0) is 44.5 Å². The highest BCUT2D eigenvalue weighted by Crippen LogP contribution is 2.27. The van der Waals surface area contributed by atoms with Gasteiger partial charge in [0, 0.05) is 38.2 Å². The number of nitrogens with zero attached hydrogens (tertiary/aromatic N) is 8. The van der Waals surface area contributed by atoms with E-state index in [9.17, 15) is 4.79 Å². The number of anilines is 1. The van der Waals surface area contributed by atoms with Gasteiger partial charge in [-0.25, -0.2) is 9.98 Å². The maximum absolute atomic E-state index is 12.5. The third-order valence-electron chi connectivity index (χ3n) is 5.05. The zero-order chi connectivity index (χ0) is 22.0. The number of amides is 1. The fourth-order valence-corrected chi connectivity index (χ4v) is 3.39. The fraction of sp³-hybridized carbons (Fsp3) is 0.286. The number of hydrogen-bond acceptors (Lipinski definition) is 8. The SMILES string of the molecule is CCN(CC)c1ccc(/N=C2/C(C(=O)NC)=Nn3c2nnc3-c2cnccn2)c(C)c1. The van der Waals surface area contributed by atoms with Crippen LogP contribution in [0.1, 0.15) is 25.2 Å². The minimum atomic E-state index is -0.355. The average molecular weight is 417 g/mol. The molecule has 0 saturated carbocycles. The van der Waals surface area contributed by atoms with E-state index in [2.05, 4.69) is 55.4 Å². The van der Waals surface area contributed by atoms with Crippen LogP contribution in [0.25, 0.3) is 11.5 Å². The molecule has 0 unspecified atom stereocenters. The van der Waals surface area contributed by atoms with Gasteiger partial charge in [0.05, 0.1) is 11.9 Å². The first-order valence-corrected chi connectivity index (χ1v) is 10.0. The van der Waals surface area contributed by atoms with Crippen molar-refractivity contribution in [3.8, 4) is 11.5 Å². The van der Waals surface area contributed by atoms with E-state index in [1.807, 2.05) is 19.1 Å². The van der Waals surface area contributed by atoms with E-state index < -0.39 is 0 Å². The van der Waals surface area contributed by atoms with E-state index in [0.717, 1.165) is 30.0 Å². The summed E-state index contributed by atoms with van der Waals surface area (Å²) in [4.78, 5) is 27.9. The van der Waals surface area contributed by atoms with Crippen LogP contribution in [0.2, 0.25) is 0 Å². The molecule has 1 aromatic carbocycles. The molecule has 2 aromatic heterocycles.